The van der Waals surface area contributed by atoms with Crippen molar-refractivity contribution in [1.29, 1.82) is 0 Å². The van der Waals surface area contributed by atoms with E-state index < -0.39 is 0 Å². The van der Waals surface area contributed by atoms with Gasteiger partial charge in [0, 0.05) is 64.8 Å². The third kappa shape index (κ3) is 5.77. The fraction of sp³-hybridized carbons (Fsp3) is 0.156. The molecular formula is C64H52N2OS. The standard InChI is InChI=1S/C64H52N2OS/c1-5-63(6-2)53-25-13-9-21-46(53)48-34-31-43(38-55(48)63)65(45-33-36-51-50-23-12-16-30-60(50)68-61(51)40-45)41-19-17-20-42(37-41)66(57-27-18-29-59-62(57)52-24-11-15-28-58(52)67-59)44-32-35-49-47-22-10-14-26-54(47)64(7-3,8-4)56(49)39-44/h9-40H,5-8H2,1-4H3. The van der Waals surface area contributed by atoms with Gasteiger partial charge in [0.15, 0.2) is 0 Å². The first-order chi connectivity index (χ1) is 33.5. The second kappa shape index (κ2) is 15.6. The molecule has 0 bridgehead atoms. The molecule has 0 spiro atoms. The topological polar surface area (TPSA) is 19.6 Å². The molecule has 4 heteroatoms. The Kier molecular flexibility index (Phi) is 9.36. The Hall–Kier alpha value is -7.40. The summed E-state index contributed by atoms with van der Waals surface area (Å²) >= 11 is 1.87. The molecule has 330 valence electrons. The van der Waals surface area contributed by atoms with Crippen molar-refractivity contribution in [1.82, 2.24) is 0 Å². The van der Waals surface area contributed by atoms with Gasteiger partial charge in [0.05, 0.1) is 11.1 Å². The predicted molar refractivity (Wildman–Crippen MR) is 290 cm³/mol. The maximum atomic E-state index is 6.59. The minimum Gasteiger partial charge on any atom is -0.456 e. The van der Waals surface area contributed by atoms with Crippen LogP contribution in [0.4, 0.5) is 34.1 Å². The number of benzene rings is 9. The smallest absolute Gasteiger partial charge is 0.137 e. The Balaban J connectivity index is 1.05. The molecule has 0 saturated heterocycles. The fourth-order valence-electron chi connectivity index (χ4n) is 12.6. The van der Waals surface area contributed by atoms with Crippen molar-refractivity contribution < 1.29 is 4.42 Å². The van der Waals surface area contributed by atoms with E-state index >= 15 is 0 Å². The predicted octanol–water partition coefficient (Wildman–Crippen LogP) is 19.1. The average molecular weight is 897 g/mol. The van der Waals surface area contributed by atoms with Crippen LogP contribution in [0.2, 0.25) is 0 Å². The van der Waals surface area contributed by atoms with E-state index in [0.29, 0.717) is 0 Å². The van der Waals surface area contributed by atoms with Crippen molar-refractivity contribution in [2.75, 3.05) is 9.80 Å². The summed E-state index contributed by atoms with van der Waals surface area (Å²) in [6.45, 7) is 9.43. The molecule has 0 unspecified atom stereocenters. The average Bonchev–Trinajstić information content (AvgIpc) is 4.12. The lowest BCUT2D eigenvalue weighted by Gasteiger charge is -2.33. The minimum absolute atomic E-state index is 0.0623. The number of furan rings is 1. The van der Waals surface area contributed by atoms with Crippen LogP contribution in [0.1, 0.15) is 75.6 Å². The molecule has 3 nitrogen and oxygen atoms in total. The zero-order valence-electron chi connectivity index (χ0n) is 39.0. The number of nitrogens with zero attached hydrogens (tertiary/aromatic N) is 2. The van der Waals surface area contributed by atoms with Gasteiger partial charge >= 0.3 is 0 Å². The highest BCUT2D eigenvalue weighted by atomic mass is 32.1. The van der Waals surface area contributed by atoms with Crippen molar-refractivity contribution in [3.05, 3.63) is 216 Å². The Labute approximate surface area is 402 Å². The molecule has 0 fully saturated rings. The van der Waals surface area contributed by atoms with Crippen LogP contribution in [-0.4, -0.2) is 0 Å². The van der Waals surface area contributed by atoms with E-state index in [1.807, 2.05) is 11.3 Å². The van der Waals surface area contributed by atoms with E-state index in [0.717, 1.165) is 81.7 Å². The summed E-state index contributed by atoms with van der Waals surface area (Å²) in [5, 5.41) is 4.82. The van der Waals surface area contributed by atoms with E-state index in [1.165, 1.54) is 64.7 Å². The first kappa shape index (κ1) is 40.8. The van der Waals surface area contributed by atoms with Crippen LogP contribution in [0.5, 0.6) is 0 Å². The summed E-state index contributed by atoms with van der Waals surface area (Å²) in [5.74, 6) is 0. The van der Waals surface area contributed by atoms with Crippen molar-refractivity contribution in [2.45, 2.75) is 64.2 Å². The van der Waals surface area contributed by atoms with E-state index in [2.05, 4.69) is 232 Å². The molecule has 2 heterocycles. The van der Waals surface area contributed by atoms with Crippen LogP contribution < -0.4 is 9.80 Å². The van der Waals surface area contributed by atoms with Crippen molar-refractivity contribution >= 4 is 87.6 Å². The van der Waals surface area contributed by atoms with Crippen LogP contribution in [0.3, 0.4) is 0 Å². The molecule has 0 radical (unpaired) electrons. The van der Waals surface area contributed by atoms with Gasteiger partial charge < -0.3 is 14.2 Å². The van der Waals surface area contributed by atoms with Crippen LogP contribution in [0.25, 0.3) is 64.4 Å². The summed E-state index contributed by atoms with van der Waals surface area (Å²) < 4.78 is 9.19. The van der Waals surface area contributed by atoms with E-state index in [4.69, 9.17) is 4.42 Å². The number of para-hydroxylation sites is 1. The number of thiophene rings is 1. The van der Waals surface area contributed by atoms with E-state index in [-0.39, 0.29) is 10.8 Å². The zero-order valence-corrected chi connectivity index (χ0v) is 39.8. The van der Waals surface area contributed by atoms with Crippen LogP contribution in [0.15, 0.2) is 199 Å². The molecule has 0 amide bonds. The Morgan fingerprint density at radius 2 is 0.853 bits per heavy atom. The fourth-order valence-corrected chi connectivity index (χ4v) is 13.8. The first-order valence-corrected chi connectivity index (χ1v) is 25.3. The number of rotatable bonds is 10. The normalized spacial score (nSPS) is 14.1. The lowest BCUT2D eigenvalue weighted by atomic mass is 9.74. The number of hydrogen-bond donors (Lipinski definition) is 0. The van der Waals surface area contributed by atoms with Gasteiger partial charge in [-0.15, -0.1) is 11.3 Å². The van der Waals surface area contributed by atoms with Gasteiger partial charge in [-0.05, 0) is 149 Å². The summed E-state index contributed by atoms with van der Waals surface area (Å²) in [5.41, 5.74) is 19.4. The maximum Gasteiger partial charge on any atom is 0.137 e. The number of fused-ring (bicyclic) bond motifs is 12. The Morgan fingerprint density at radius 3 is 1.53 bits per heavy atom. The molecule has 2 aromatic heterocycles. The lowest BCUT2D eigenvalue weighted by Crippen LogP contribution is -2.23. The third-order valence-corrected chi connectivity index (χ3v) is 17.2. The minimum atomic E-state index is -0.0781. The molecule has 2 aliphatic rings. The van der Waals surface area contributed by atoms with Gasteiger partial charge in [0.1, 0.15) is 11.2 Å². The monoisotopic (exact) mass is 896 g/mol. The highest BCUT2D eigenvalue weighted by molar-refractivity contribution is 7.25. The largest absolute Gasteiger partial charge is 0.456 e. The SMILES string of the molecule is CCC1(CC)c2ccccc2-c2ccc(N(c3cccc(N(c4ccc5c(c4)C(CC)(CC)c4ccccc4-5)c4cccc5oc6ccccc6c45)c3)c3ccc4c(c3)sc3ccccc34)cc21. The molecule has 13 rings (SSSR count). The van der Waals surface area contributed by atoms with Crippen LogP contribution in [-0.2, 0) is 10.8 Å². The number of hydrogen-bond acceptors (Lipinski definition) is 4. The quantitative estimate of drug-likeness (QED) is 0.136. The third-order valence-electron chi connectivity index (χ3n) is 16.0. The second-order valence-electron chi connectivity index (χ2n) is 18.8. The summed E-state index contributed by atoms with van der Waals surface area (Å²) in [7, 11) is 0. The highest BCUT2D eigenvalue weighted by Crippen LogP contribution is 2.57. The first-order valence-electron chi connectivity index (χ1n) is 24.5. The number of anilines is 6. The Morgan fingerprint density at radius 1 is 0.368 bits per heavy atom. The molecular weight excluding hydrogens is 845 g/mol. The molecule has 68 heavy (non-hydrogen) atoms. The van der Waals surface area contributed by atoms with Gasteiger partial charge in [0.2, 0.25) is 0 Å². The van der Waals surface area contributed by atoms with Gasteiger partial charge in [-0.3, -0.25) is 0 Å². The summed E-state index contributed by atoms with van der Waals surface area (Å²) in [6, 6.07) is 72.7. The maximum absolute atomic E-state index is 6.59. The van der Waals surface area contributed by atoms with Crippen molar-refractivity contribution in [3.8, 4) is 22.3 Å². The summed E-state index contributed by atoms with van der Waals surface area (Å²) in [6.07, 6.45) is 4.12. The molecule has 0 saturated carbocycles. The molecule has 11 aromatic rings. The molecule has 9 aromatic carbocycles. The van der Waals surface area contributed by atoms with E-state index in [9.17, 15) is 0 Å². The van der Waals surface area contributed by atoms with Gasteiger partial charge in [0.25, 0.3) is 0 Å². The molecule has 0 N–H and O–H groups in total. The van der Waals surface area contributed by atoms with Gasteiger partial charge in [-0.1, -0.05) is 143 Å². The Bertz CT molecular complexity index is 3790. The lowest BCUT2D eigenvalue weighted by molar-refractivity contribution is 0.490. The van der Waals surface area contributed by atoms with Crippen LogP contribution >= 0.6 is 11.3 Å². The molecule has 2 aliphatic carbocycles. The van der Waals surface area contributed by atoms with Crippen molar-refractivity contribution in [2.24, 2.45) is 0 Å². The zero-order chi connectivity index (χ0) is 45.7. The van der Waals surface area contributed by atoms with Gasteiger partial charge in [-0.25, -0.2) is 0 Å². The highest BCUT2D eigenvalue weighted by Gasteiger charge is 2.42. The molecule has 0 atom stereocenters. The second-order valence-corrected chi connectivity index (χ2v) is 19.9. The van der Waals surface area contributed by atoms with Gasteiger partial charge in [-0.2, -0.15) is 0 Å². The summed E-state index contributed by atoms with van der Waals surface area (Å²) in [4.78, 5) is 4.98. The van der Waals surface area contributed by atoms with Crippen molar-refractivity contribution in [3.63, 3.8) is 0 Å². The van der Waals surface area contributed by atoms with Crippen LogP contribution in [0, 0.1) is 0 Å². The van der Waals surface area contributed by atoms with E-state index in [1.54, 1.807) is 0 Å². The molecule has 0 aliphatic heterocycles.